The lowest BCUT2D eigenvalue weighted by Gasteiger charge is -2.62. The molecule has 148 valence electrons. The van der Waals surface area contributed by atoms with Gasteiger partial charge in [0, 0.05) is 29.9 Å². The Balaban J connectivity index is 1.86. The van der Waals surface area contributed by atoms with E-state index in [1.54, 1.807) is 13.2 Å². The van der Waals surface area contributed by atoms with Crippen molar-refractivity contribution in [2.24, 2.45) is 28.6 Å². The van der Waals surface area contributed by atoms with Crippen molar-refractivity contribution in [2.45, 2.75) is 44.8 Å². The number of methoxy groups -OCH3 is 1. The summed E-state index contributed by atoms with van der Waals surface area (Å²) >= 11 is 0. The molecule has 0 unspecified atom stereocenters. The van der Waals surface area contributed by atoms with Gasteiger partial charge in [-0.1, -0.05) is 6.58 Å². The molecule has 0 saturated heterocycles. The lowest BCUT2D eigenvalue weighted by molar-refractivity contribution is -0.218. The quantitative estimate of drug-likeness (QED) is 0.681. The fraction of sp³-hybridized carbons (Fsp3) is 0.667. The van der Waals surface area contributed by atoms with Crippen LogP contribution in [0.15, 0.2) is 23.3 Å². The second kappa shape index (κ2) is 6.19. The summed E-state index contributed by atoms with van der Waals surface area (Å²) in [4.78, 5) is 12.7. The Kier molecular flexibility index (Phi) is 4.29. The molecule has 1 heterocycles. The standard InChI is InChI=1S/C21H28O6/c1-11-13-4-5-27-17(13)7-15-14(11)6-16(24)18-20(2,19(25)26-3)8-12(23)9-21(15,18)10-22/h4-5,12,14-16,18,22-24H,1,6-10H2,2-3H3/t12-,14-,15-,16+,18-,20+,21-/m0/s1. The monoisotopic (exact) mass is 376 g/mol. The summed E-state index contributed by atoms with van der Waals surface area (Å²) in [5.74, 6) is -0.225. The number of aliphatic hydroxyl groups is 3. The van der Waals surface area contributed by atoms with E-state index in [1.165, 1.54) is 7.11 Å². The number of furan rings is 1. The highest BCUT2D eigenvalue weighted by Crippen LogP contribution is 2.64. The van der Waals surface area contributed by atoms with Crippen LogP contribution in [0.5, 0.6) is 0 Å². The average molecular weight is 376 g/mol. The van der Waals surface area contributed by atoms with E-state index in [0.717, 1.165) is 16.9 Å². The third-order valence-electron chi connectivity index (χ3n) is 7.58. The van der Waals surface area contributed by atoms with Crippen LogP contribution in [-0.4, -0.2) is 47.2 Å². The number of ether oxygens (including phenoxy) is 1. The Labute approximate surface area is 158 Å². The minimum absolute atomic E-state index is 0.0271. The van der Waals surface area contributed by atoms with E-state index in [4.69, 9.17) is 9.15 Å². The first-order valence-electron chi connectivity index (χ1n) is 9.59. The van der Waals surface area contributed by atoms with Crippen molar-refractivity contribution < 1.29 is 29.3 Å². The molecule has 2 saturated carbocycles. The van der Waals surface area contributed by atoms with Gasteiger partial charge in [0.15, 0.2) is 0 Å². The van der Waals surface area contributed by atoms with Gasteiger partial charge < -0.3 is 24.5 Å². The van der Waals surface area contributed by atoms with Crippen LogP contribution in [0.3, 0.4) is 0 Å². The van der Waals surface area contributed by atoms with E-state index in [1.807, 2.05) is 6.07 Å². The first kappa shape index (κ1) is 18.7. The second-order valence-corrected chi connectivity index (χ2v) is 8.84. The van der Waals surface area contributed by atoms with E-state index in [9.17, 15) is 20.1 Å². The number of aliphatic hydroxyl groups excluding tert-OH is 3. The van der Waals surface area contributed by atoms with Gasteiger partial charge in [-0.15, -0.1) is 0 Å². The molecule has 3 aliphatic rings. The number of hydrogen-bond donors (Lipinski definition) is 3. The maximum atomic E-state index is 12.7. The molecule has 0 aromatic carbocycles. The third-order valence-corrected chi connectivity index (χ3v) is 7.58. The molecule has 7 atom stereocenters. The van der Waals surface area contributed by atoms with Gasteiger partial charge in [-0.3, -0.25) is 4.79 Å². The van der Waals surface area contributed by atoms with Crippen LogP contribution in [0, 0.1) is 28.6 Å². The molecule has 27 heavy (non-hydrogen) atoms. The smallest absolute Gasteiger partial charge is 0.312 e. The predicted octanol–water partition coefficient (Wildman–Crippen LogP) is 1.77. The molecule has 1 aromatic heterocycles. The van der Waals surface area contributed by atoms with Gasteiger partial charge in [0.1, 0.15) is 5.76 Å². The maximum absolute atomic E-state index is 12.7. The van der Waals surface area contributed by atoms with Gasteiger partial charge in [-0.25, -0.2) is 0 Å². The zero-order valence-electron chi connectivity index (χ0n) is 15.9. The van der Waals surface area contributed by atoms with E-state index < -0.39 is 34.9 Å². The Morgan fingerprint density at radius 2 is 2.15 bits per heavy atom. The van der Waals surface area contributed by atoms with Crippen molar-refractivity contribution in [1.82, 2.24) is 0 Å². The fourth-order valence-electron chi connectivity index (χ4n) is 6.68. The molecule has 1 aromatic rings. The number of fused-ring (bicyclic) bond motifs is 4. The normalized spacial score (nSPS) is 43.4. The minimum Gasteiger partial charge on any atom is -0.469 e. The average Bonchev–Trinajstić information content (AvgIpc) is 3.10. The minimum atomic E-state index is -1.07. The number of carbonyl (C=O) groups excluding carboxylic acids is 1. The maximum Gasteiger partial charge on any atom is 0.312 e. The van der Waals surface area contributed by atoms with Gasteiger partial charge in [-0.05, 0) is 49.7 Å². The Bertz CT molecular complexity index is 768. The first-order chi connectivity index (χ1) is 12.8. The molecule has 0 spiro atoms. The van der Waals surface area contributed by atoms with Crippen molar-refractivity contribution in [1.29, 1.82) is 0 Å². The molecule has 0 bridgehead atoms. The summed E-state index contributed by atoms with van der Waals surface area (Å²) in [6.45, 7) is 5.78. The first-order valence-corrected chi connectivity index (χ1v) is 9.59. The SMILES string of the molecule is C=C1c2ccoc2C[C@H]2[C@H]1C[C@@H](O)[C@@H]1[C@]2(CO)C[C@@H](O)C[C@@]1(C)C(=O)OC. The van der Waals surface area contributed by atoms with Crippen molar-refractivity contribution in [2.75, 3.05) is 13.7 Å². The molecular weight excluding hydrogens is 348 g/mol. The molecule has 2 fully saturated rings. The summed E-state index contributed by atoms with van der Waals surface area (Å²) in [7, 11) is 1.32. The molecule has 4 rings (SSSR count). The van der Waals surface area contributed by atoms with Crippen LogP contribution in [0.25, 0.3) is 5.57 Å². The molecule has 3 N–H and O–H groups in total. The third kappa shape index (κ3) is 2.39. The largest absolute Gasteiger partial charge is 0.469 e. The predicted molar refractivity (Wildman–Crippen MR) is 97.4 cm³/mol. The number of carbonyl (C=O) groups is 1. The highest BCUT2D eigenvalue weighted by atomic mass is 16.5. The molecule has 6 heteroatoms. The highest BCUT2D eigenvalue weighted by molar-refractivity contribution is 5.77. The number of hydrogen-bond acceptors (Lipinski definition) is 6. The Hall–Kier alpha value is -1.63. The van der Waals surface area contributed by atoms with Crippen molar-refractivity contribution in [3.63, 3.8) is 0 Å². The summed E-state index contributed by atoms with van der Waals surface area (Å²) in [5.41, 5.74) is 0.00273. The van der Waals surface area contributed by atoms with Crippen LogP contribution in [0.2, 0.25) is 0 Å². The lowest BCUT2D eigenvalue weighted by Crippen LogP contribution is -2.65. The van der Waals surface area contributed by atoms with E-state index in [0.29, 0.717) is 19.3 Å². The molecule has 0 amide bonds. The van der Waals surface area contributed by atoms with Gasteiger partial charge >= 0.3 is 5.97 Å². The van der Waals surface area contributed by atoms with Crippen molar-refractivity contribution in [3.8, 4) is 0 Å². The van der Waals surface area contributed by atoms with Gasteiger partial charge in [-0.2, -0.15) is 0 Å². The van der Waals surface area contributed by atoms with Crippen LogP contribution in [0.1, 0.15) is 37.5 Å². The van der Waals surface area contributed by atoms with E-state index in [2.05, 4.69) is 6.58 Å². The van der Waals surface area contributed by atoms with Crippen LogP contribution < -0.4 is 0 Å². The zero-order valence-corrected chi connectivity index (χ0v) is 15.9. The second-order valence-electron chi connectivity index (χ2n) is 8.84. The fourth-order valence-corrected chi connectivity index (χ4v) is 6.68. The number of rotatable bonds is 2. The number of esters is 1. The molecule has 6 nitrogen and oxygen atoms in total. The van der Waals surface area contributed by atoms with Crippen molar-refractivity contribution in [3.05, 3.63) is 30.2 Å². The zero-order chi connectivity index (χ0) is 19.6. The van der Waals surface area contributed by atoms with Gasteiger partial charge in [0.25, 0.3) is 0 Å². The van der Waals surface area contributed by atoms with Gasteiger partial charge in [0.2, 0.25) is 0 Å². The molecule has 0 radical (unpaired) electrons. The summed E-state index contributed by atoms with van der Waals surface area (Å²) in [5, 5.41) is 32.4. The molecule has 0 aliphatic heterocycles. The summed E-state index contributed by atoms with van der Waals surface area (Å²) in [6.07, 6.45) is 1.72. The Morgan fingerprint density at radius 1 is 1.41 bits per heavy atom. The van der Waals surface area contributed by atoms with E-state index in [-0.39, 0.29) is 24.9 Å². The molecule has 3 aliphatic carbocycles. The highest BCUT2D eigenvalue weighted by Gasteiger charge is 2.66. The summed E-state index contributed by atoms with van der Waals surface area (Å²) < 4.78 is 10.7. The summed E-state index contributed by atoms with van der Waals surface area (Å²) in [6, 6.07) is 1.90. The topological polar surface area (TPSA) is 100 Å². The van der Waals surface area contributed by atoms with Crippen molar-refractivity contribution >= 4 is 11.5 Å². The van der Waals surface area contributed by atoms with Crippen LogP contribution in [-0.2, 0) is 16.0 Å². The van der Waals surface area contributed by atoms with Gasteiger partial charge in [0.05, 0.1) is 31.0 Å². The molecular formula is C21H28O6. The van der Waals surface area contributed by atoms with Crippen LogP contribution in [0.4, 0.5) is 0 Å². The Morgan fingerprint density at radius 3 is 2.81 bits per heavy atom. The van der Waals surface area contributed by atoms with E-state index >= 15 is 0 Å². The lowest BCUT2D eigenvalue weighted by atomic mass is 9.42. The number of allylic oxidation sites excluding steroid dienone is 1. The van der Waals surface area contributed by atoms with Crippen LogP contribution >= 0.6 is 0 Å².